The molecule has 1 atom stereocenters. The van der Waals surface area contributed by atoms with E-state index < -0.39 is 0 Å². The molecule has 0 saturated carbocycles. The summed E-state index contributed by atoms with van der Waals surface area (Å²) in [6, 6.07) is 0. The quantitative estimate of drug-likeness (QED) is 0.777. The number of ether oxygens (including phenoxy) is 1. The molecule has 2 heterocycles. The Morgan fingerprint density at radius 3 is 2.84 bits per heavy atom. The highest BCUT2D eigenvalue weighted by Crippen LogP contribution is 2.22. The van der Waals surface area contributed by atoms with Gasteiger partial charge >= 0.3 is 0 Å². The highest BCUT2D eigenvalue weighted by molar-refractivity contribution is 14.1. The van der Waals surface area contributed by atoms with Gasteiger partial charge in [-0.3, -0.25) is 0 Å². The second-order valence-corrected chi connectivity index (χ2v) is 6.04. The Labute approximate surface area is 128 Å². The molecule has 106 valence electrons. The average molecular weight is 375 g/mol. The molecular weight excluding hydrogens is 353 g/mol. The minimum Gasteiger partial charge on any atom is -0.381 e. The average Bonchev–Trinajstić information content (AvgIpc) is 2.91. The molecule has 1 N–H and O–H groups in total. The molecule has 0 radical (unpaired) electrons. The van der Waals surface area contributed by atoms with Crippen molar-refractivity contribution in [3.63, 3.8) is 0 Å². The number of hydrogen-bond acceptors (Lipinski definition) is 4. The maximum Gasteiger partial charge on any atom is 0.143 e. The van der Waals surface area contributed by atoms with E-state index in [1.54, 1.807) is 0 Å². The molecule has 2 rings (SSSR count). The van der Waals surface area contributed by atoms with Gasteiger partial charge in [-0.25, -0.2) is 9.97 Å². The molecule has 0 aliphatic carbocycles. The number of hydrogen-bond donors (Lipinski definition) is 1. The van der Waals surface area contributed by atoms with E-state index in [1.807, 2.05) is 0 Å². The third kappa shape index (κ3) is 4.02. The van der Waals surface area contributed by atoms with Gasteiger partial charge in [-0.05, 0) is 47.8 Å². The smallest absolute Gasteiger partial charge is 0.143 e. The van der Waals surface area contributed by atoms with Gasteiger partial charge in [0.25, 0.3) is 0 Å². The Morgan fingerprint density at radius 1 is 1.37 bits per heavy atom. The first kappa shape index (κ1) is 15.0. The molecule has 5 heteroatoms. The van der Waals surface area contributed by atoms with E-state index in [1.165, 1.54) is 3.57 Å². The monoisotopic (exact) mass is 375 g/mol. The van der Waals surface area contributed by atoms with E-state index in [2.05, 4.69) is 41.8 Å². The zero-order valence-electron chi connectivity index (χ0n) is 11.7. The van der Waals surface area contributed by atoms with Crippen LogP contribution in [0.2, 0.25) is 0 Å². The molecule has 1 saturated heterocycles. The molecular formula is C14H22IN3O. The summed E-state index contributed by atoms with van der Waals surface area (Å²) >= 11 is 2.35. The molecule has 1 unspecified atom stereocenters. The summed E-state index contributed by atoms with van der Waals surface area (Å²) in [5.74, 6) is 2.55. The van der Waals surface area contributed by atoms with Crippen LogP contribution in [0.3, 0.4) is 0 Å². The highest BCUT2D eigenvalue weighted by Gasteiger charge is 2.19. The predicted molar refractivity (Wildman–Crippen MR) is 85.5 cm³/mol. The molecule has 0 bridgehead atoms. The van der Waals surface area contributed by atoms with E-state index in [9.17, 15) is 0 Å². The van der Waals surface area contributed by atoms with Crippen molar-refractivity contribution in [3.8, 4) is 0 Å². The van der Waals surface area contributed by atoms with Gasteiger partial charge in [-0.2, -0.15) is 0 Å². The fraction of sp³-hybridized carbons (Fsp3) is 0.714. The van der Waals surface area contributed by atoms with Crippen LogP contribution in [0, 0.1) is 9.49 Å². The lowest BCUT2D eigenvalue weighted by atomic mass is 10.0. The lowest BCUT2D eigenvalue weighted by molar-refractivity contribution is 0.185. The van der Waals surface area contributed by atoms with Crippen LogP contribution < -0.4 is 5.32 Å². The summed E-state index contributed by atoms with van der Waals surface area (Å²) in [5.41, 5.74) is 1.16. The summed E-state index contributed by atoms with van der Waals surface area (Å²) in [7, 11) is 0. The molecule has 4 nitrogen and oxygen atoms in total. The van der Waals surface area contributed by atoms with Crippen molar-refractivity contribution >= 4 is 28.4 Å². The van der Waals surface area contributed by atoms with Crippen LogP contribution in [0.25, 0.3) is 0 Å². The first-order chi connectivity index (χ1) is 9.24. The Hall–Kier alpha value is -0.430. The van der Waals surface area contributed by atoms with E-state index >= 15 is 0 Å². The number of nitrogens with one attached hydrogen (secondary N) is 1. The number of rotatable bonds is 6. The molecule has 0 aromatic carbocycles. The van der Waals surface area contributed by atoms with Gasteiger partial charge in [0.15, 0.2) is 0 Å². The van der Waals surface area contributed by atoms with E-state index in [-0.39, 0.29) is 0 Å². The fourth-order valence-electron chi connectivity index (χ4n) is 2.23. The molecule has 19 heavy (non-hydrogen) atoms. The molecule has 0 amide bonds. The van der Waals surface area contributed by atoms with Gasteiger partial charge in [0, 0.05) is 26.2 Å². The van der Waals surface area contributed by atoms with Crippen LogP contribution >= 0.6 is 22.6 Å². The molecule has 1 aromatic rings. The Kier molecular flexibility index (Phi) is 5.81. The van der Waals surface area contributed by atoms with Crippen molar-refractivity contribution in [1.82, 2.24) is 9.97 Å². The first-order valence-electron chi connectivity index (χ1n) is 7.11. The SMILES string of the molecule is CCCNc1nc(CC2CCOC2)nc(CC)c1I. The Morgan fingerprint density at radius 2 is 2.21 bits per heavy atom. The summed E-state index contributed by atoms with van der Waals surface area (Å²) in [6.45, 7) is 7.02. The topological polar surface area (TPSA) is 47.0 Å². The van der Waals surface area contributed by atoms with Crippen LogP contribution in [-0.2, 0) is 17.6 Å². The van der Waals surface area contributed by atoms with E-state index in [0.717, 1.165) is 62.8 Å². The number of anilines is 1. The zero-order chi connectivity index (χ0) is 13.7. The van der Waals surface area contributed by atoms with E-state index in [4.69, 9.17) is 14.7 Å². The second kappa shape index (κ2) is 7.38. The van der Waals surface area contributed by atoms with Crippen LogP contribution in [0.5, 0.6) is 0 Å². The number of halogens is 1. The number of aromatic nitrogens is 2. The normalized spacial score (nSPS) is 18.8. The first-order valence-corrected chi connectivity index (χ1v) is 8.19. The Balaban J connectivity index is 2.17. The Bertz CT molecular complexity index is 419. The molecule has 1 fully saturated rings. The zero-order valence-corrected chi connectivity index (χ0v) is 13.9. The number of aryl methyl sites for hydroxylation is 1. The van der Waals surface area contributed by atoms with Crippen molar-refractivity contribution in [3.05, 3.63) is 15.1 Å². The van der Waals surface area contributed by atoms with Crippen molar-refractivity contribution in [2.75, 3.05) is 25.1 Å². The lowest BCUT2D eigenvalue weighted by Gasteiger charge is -2.13. The van der Waals surface area contributed by atoms with Crippen molar-refractivity contribution in [1.29, 1.82) is 0 Å². The van der Waals surface area contributed by atoms with Crippen molar-refractivity contribution in [2.45, 2.75) is 39.5 Å². The maximum atomic E-state index is 5.43. The number of nitrogens with zero attached hydrogens (tertiary/aromatic N) is 2. The summed E-state index contributed by atoms with van der Waals surface area (Å²) < 4.78 is 6.60. The molecule has 0 spiro atoms. The van der Waals surface area contributed by atoms with Crippen LogP contribution in [0.1, 0.15) is 38.2 Å². The van der Waals surface area contributed by atoms with Gasteiger partial charge in [-0.1, -0.05) is 13.8 Å². The predicted octanol–water partition coefficient (Wildman–Crippen LogP) is 3.04. The van der Waals surface area contributed by atoms with Crippen LogP contribution in [0.4, 0.5) is 5.82 Å². The molecule has 1 aliphatic rings. The minimum atomic E-state index is 0.587. The van der Waals surface area contributed by atoms with Gasteiger partial charge < -0.3 is 10.1 Å². The third-order valence-electron chi connectivity index (χ3n) is 3.34. The van der Waals surface area contributed by atoms with Gasteiger partial charge in [0.1, 0.15) is 11.6 Å². The fourth-order valence-corrected chi connectivity index (χ4v) is 3.05. The van der Waals surface area contributed by atoms with Crippen LogP contribution in [-0.4, -0.2) is 29.7 Å². The third-order valence-corrected chi connectivity index (χ3v) is 4.47. The largest absolute Gasteiger partial charge is 0.381 e. The van der Waals surface area contributed by atoms with Gasteiger partial charge in [0.2, 0.25) is 0 Å². The van der Waals surface area contributed by atoms with Crippen molar-refractivity contribution in [2.24, 2.45) is 5.92 Å². The highest BCUT2D eigenvalue weighted by atomic mass is 127. The standard InChI is InChI=1S/C14H22IN3O/c1-3-6-16-14-13(15)11(4-2)17-12(18-14)8-10-5-7-19-9-10/h10H,3-9H2,1-2H3,(H,16,17,18). The summed E-state index contributed by atoms with van der Waals surface area (Å²) in [5, 5.41) is 3.41. The molecule has 1 aliphatic heterocycles. The summed E-state index contributed by atoms with van der Waals surface area (Å²) in [4.78, 5) is 9.41. The maximum absolute atomic E-state index is 5.43. The van der Waals surface area contributed by atoms with Gasteiger partial charge in [0.05, 0.1) is 9.26 Å². The summed E-state index contributed by atoms with van der Waals surface area (Å²) in [6.07, 6.45) is 4.13. The minimum absolute atomic E-state index is 0.587. The molecule has 1 aromatic heterocycles. The lowest BCUT2D eigenvalue weighted by Crippen LogP contribution is -2.13. The second-order valence-electron chi connectivity index (χ2n) is 4.96. The van der Waals surface area contributed by atoms with E-state index in [0.29, 0.717) is 5.92 Å². The van der Waals surface area contributed by atoms with Gasteiger partial charge in [-0.15, -0.1) is 0 Å². The van der Waals surface area contributed by atoms with Crippen LogP contribution in [0.15, 0.2) is 0 Å². The van der Waals surface area contributed by atoms with Crippen molar-refractivity contribution < 1.29 is 4.74 Å².